The van der Waals surface area contributed by atoms with Gasteiger partial charge in [-0.1, -0.05) is 5.16 Å². The van der Waals surface area contributed by atoms with E-state index in [-0.39, 0.29) is 11.9 Å². The van der Waals surface area contributed by atoms with Gasteiger partial charge in [0, 0.05) is 37.6 Å². The molecule has 0 bridgehead atoms. The molecular formula is C18H23N5O3. The van der Waals surface area contributed by atoms with Gasteiger partial charge in [-0.05, 0) is 31.4 Å². The van der Waals surface area contributed by atoms with E-state index in [1.165, 1.54) is 0 Å². The van der Waals surface area contributed by atoms with Crippen molar-refractivity contribution in [1.29, 1.82) is 0 Å². The third-order valence-corrected chi connectivity index (χ3v) is 4.95. The molecule has 2 aliphatic heterocycles. The van der Waals surface area contributed by atoms with Crippen LogP contribution in [0.5, 0.6) is 0 Å². The first-order valence-corrected chi connectivity index (χ1v) is 9.15. The number of piperidine rings is 1. The predicted molar refractivity (Wildman–Crippen MR) is 93.1 cm³/mol. The van der Waals surface area contributed by atoms with Crippen LogP contribution in [0.3, 0.4) is 0 Å². The van der Waals surface area contributed by atoms with Gasteiger partial charge in [0.25, 0.3) is 0 Å². The van der Waals surface area contributed by atoms with Crippen LogP contribution in [0.15, 0.2) is 29.0 Å². The second-order valence-corrected chi connectivity index (χ2v) is 6.68. The molecule has 138 valence electrons. The molecule has 0 aromatic carbocycles. The van der Waals surface area contributed by atoms with Crippen LogP contribution in [-0.2, 0) is 9.53 Å². The van der Waals surface area contributed by atoms with Crippen molar-refractivity contribution in [1.82, 2.24) is 24.9 Å². The summed E-state index contributed by atoms with van der Waals surface area (Å²) in [7, 11) is 0. The summed E-state index contributed by atoms with van der Waals surface area (Å²) in [5, 5.41) is 4.09. The van der Waals surface area contributed by atoms with Gasteiger partial charge >= 0.3 is 0 Å². The number of rotatable bonds is 4. The molecule has 1 unspecified atom stereocenters. The summed E-state index contributed by atoms with van der Waals surface area (Å²) in [4.78, 5) is 25.5. The molecule has 2 saturated heterocycles. The van der Waals surface area contributed by atoms with E-state index in [2.05, 4.69) is 20.0 Å². The van der Waals surface area contributed by atoms with E-state index in [4.69, 9.17) is 9.26 Å². The molecular weight excluding hydrogens is 334 g/mol. The smallest absolute Gasteiger partial charge is 0.249 e. The SMILES string of the molecule is O=C(CN1CCOCC1)N1CCCCC1c1nc(-c2ccncc2)no1. The molecule has 1 atom stereocenters. The van der Waals surface area contributed by atoms with Crippen molar-refractivity contribution in [2.45, 2.75) is 25.3 Å². The van der Waals surface area contributed by atoms with Crippen LogP contribution in [0.1, 0.15) is 31.2 Å². The molecule has 26 heavy (non-hydrogen) atoms. The highest BCUT2D eigenvalue weighted by molar-refractivity contribution is 5.78. The molecule has 2 fully saturated rings. The van der Waals surface area contributed by atoms with Crippen LogP contribution >= 0.6 is 0 Å². The third-order valence-electron chi connectivity index (χ3n) is 4.95. The Labute approximate surface area is 152 Å². The first-order chi connectivity index (χ1) is 12.8. The minimum atomic E-state index is -0.139. The van der Waals surface area contributed by atoms with Crippen LogP contribution in [0, 0.1) is 0 Å². The molecule has 4 heterocycles. The highest BCUT2D eigenvalue weighted by Crippen LogP contribution is 2.31. The number of morpholine rings is 1. The molecule has 0 N–H and O–H groups in total. The topological polar surface area (TPSA) is 84.6 Å². The molecule has 2 aromatic heterocycles. The summed E-state index contributed by atoms with van der Waals surface area (Å²) < 4.78 is 10.9. The van der Waals surface area contributed by atoms with Crippen molar-refractivity contribution in [3.63, 3.8) is 0 Å². The minimum absolute atomic E-state index is 0.125. The lowest BCUT2D eigenvalue weighted by Crippen LogP contribution is -2.47. The number of amides is 1. The minimum Gasteiger partial charge on any atom is -0.379 e. The molecule has 0 spiro atoms. The zero-order valence-corrected chi connectivity index (χ0v) is 14.7. The van der Waals surface area contributed by atoms with Gasteiger partial charge in [-0.25, -0.2) is 0 Å². The Balaban J connectivity index is 1.48. The van der Waals surface area contributed by atoms with Gasteiger partial charge < -0.3 is 14.2 Å². The van der Waals surface area contributed by atoms with Crippen LogP contribution < -0.4 is 0 Å². The monoisotopic (exact) mass is 357 g/mol. The Morgan fingerprint density at radius 3 is 2.77 bits per heavy atom. The van der Waals surface area contributed by atoms with Crippen molar-refractivity contribution >= 4 is 5.91 Å². The first-order valence-electron chi connectivity index (χ1n) is 9.15. The third kappa shape index (κ3) is 3.76. The van der Waals surface area contributed by atoms with E-state index < -0.39 is 0 Å². The molecule has 8 nitrogen and oxygen atoms in total. The summed E-state index contributed by atoms with van der Waals surface area (Å²) in [5.74, 6) is 1.18. The zero-order chi connectivity index (χ0) is 17.8. The Hall–Kier alpha value is -2.32. The zero-order valence-electron chi connectivity index (χ0n) is 14.7. The Morgan fingerprint density at radius 1 is 1.15 bits per heavy atom. The number of hydrogen-bond donors (Lipinski definition) is 0. The van der Waals surface area contributed by atoms with Crippen LogP contribution in [0.2, 0.25) is 0 Å². The maximum atomic E-state index is 12.9. The Bertz CT molecular complexity index is 729. The normalized spacial score (nSPS) is 21.7. The maximum Gasteiger partial charge on any atom is 0.249 e. The van der Waals surface area contributed by atoms with E-state index in [9.17, 15) is 4.79 Å². The summed E-state index contributed by atoms with van der Waals surface area (Å²) in [6.45, 7) is 4.14. The van der Waals surface area contributed by atoms with E-state index >= 15 is 0 Å². The number of likely N-dealkylation sites (tertiary alicyclic amines) is 1. The lowest BCUT2D eigenvalue weighted by atomic mass is 10.0. The van der Waals surface area contributed by atoms with E-state index in [1.54, 1.807) is 12.4 Å². The van der Waals surface area contributed by atoms with E-state index in [0.717, 1.165) is 44.5 Å². The van der Waals surface area contributed by atoms with Crippen molar-refractivity contribution < 1.29 is 14.1 Å². The number of carbonyl (C=O) groups excluding carboxylic acids is 1. The summed E-state index contributed by atoms with van der Waals surface area (Å²) >= 11 is 0. The van der Waals surface area contributed by atoms with Gasteiger partial charge in [0.05, 0.1) is 19.8 Å². The number of hydrogen-bond acceptors (Lipinski definition) is 7. The van der Waals surface area contributed by atoms with Gasteiger partial charge in [-0.15, -0.1) is 0 Å². The first kappa shape index (κ1) is 17.1. The molecule has 0 radical (unpaired) electrons. The number of pyridine rings is 1. The lowest BCUT2D eigenvalue weighted by molar-refractivity contribution is -0.138. The van der Waals surface area contributed by atoms with E-state index in [1.807, 2.05) is 17.0 Å². The molecule has 8 heteroatoms. The van der Waals surface area contributed by atoms with Crippen molar-refractivity contribution in [3.8, 4) is 11.4 Å². The fourth-order valence-electron chi connectivity index (χ4n) is 3.52. The van der Waals surface area contributed by atoms with Gasteiger partial charge in [-0.3, -0.25) is 14.7 Å². The molecule has 2 aliphatic rings. The lowest BCUT2D eigenvalue weighted by Gasteiger charge is -2.35. The number of ether oxygens (including phenoxy) is 1. The van der Waals surface area contributed by atoms with Gasteiger partial charge in [-0.2, -0.15) is 4.98 Å². The van der Waals surface area contributed by atoms with Crippen molar-refractivity contribution in [2.24, 2.45) is 0 Å². The second-order valence-electron chi connectivity index (χ2n) is 6.68. The largest absolute Gasteiger partial charge is 0.379 e. The maximum absolute atomic E-state index is 12.9. The Morgan fingerprint density at radius 2 is 1.96 bits per heavy atom. The molecule has 4 rings (SSSR count). The van der Waals surface area contributed by atoms with Crippen LogP contribution in [0.25, 0.3) is 11.4 Å². The number of nitrogens with zero attached hydrogens (tertiary/aromatic N) is 5. The quantitative estimate of drug-likeness (QED) is 0.820. The summed E-state index contributed by atoms with van der Waals surface area (Å²) in [6.07, 6.45) is 6.32. The van der Waals surface area contributed by atoms with Gasteiger partial charge in [0.1, 0.15) is 6.04 Å². The van der Waals surface area contributed by atoms with Gasteiger partial charge in [0.2, 0.25) is 17.6 Å². The molecule has 2 aromatic rings. The summed E-state index contributed by atoms with van der Waals surface area (Å²) in [6, 6.07) is 3.55. The highest BCUT2D eigenvalue weighted by atomic mass is 16.5. The Kier molecular flexibility index (Phi) is 5.21. The molecule has 0 saturated carbocycles. The molecule has 0 aliphatic carbocycles. The van der Waals surface area contributed by atoms with E-state index in [0.29, 0.717) is 31.5 Å². The standard InChI is InChI=1S/C18H23N5O3/c24-16(13-22-9-11-25-12-10-22)23-8-2-1-3-15(23)18-20-17(21-26-18)14-4-6-19-7-5-14/h4-7,15H,1-3,8-13H2. The molecule has 1 amide bonds. The van der Waals surface area contributed by atoms with Crippen LogP contribution in [-0.4, -0.2) is 70.2 Å². The average molecular weight is 357 g/mol. The predicted octanol–water partition coefficient (Wildman–Crippen LogP) is 1.52. The van der Waals surface area contributed by atoms with Crippen molar-refractivity contribution in [2.75, 3.05) is 39.4 Å². The van der Waals surface area contributed by atoms with Crippen molar-refractivity contribution in [3.05, 3.63) is 30.4 Å². The number of aromatic nitrogens is 3. The van der Waals surface area contributed by atoms with Gasteiger partial charge in [0.15, 0.2) is 0 Å². The average Bonchev–Trinajstić information content (AvgIpc) is 3.19. The second kappa shape index (κ2) is 7.92. The fraction of sp³-hybridized carbons (Fsp3) is 0.556. The highest BCUT2D eigenvalue weighted by Gasteiger charge is 2.33. The summed E-state index contributed by atoms with van der Waals surface area (Å²) in [5.41, 5.74) is 0.858. The number of carbonyl (C=O) groups is 1. The van der Waals surface area contributed by atoms with Crippen LogP contribution in [0.4, 0.5) is 0 Å². The fourth-order valence-corrected chi connectivity index (χ4v) is 3.52.